The van der Waals surface area contributed by atoms with Crippen LogP contribution in [0.15, 0.2) is 30.3 Å². The van der Waals surface area contributed by atoms with Crippen LogP contribution in [0.1, 0.15) is 5.56 Å². The first kappa shape index (κ1) is 13.1. The lowest BCUT2D eigenvalue weighted by Crippen LogP contribution is -2.45. The van der Waals surface area contributed by atoms with E-state index in [0.29, 0.717) is 5.56 Å². The lowest BCUT2D eigenvalue weighted by molar-refractivity contribution is -0.150. The molecule has 5 heteroatoms. The first-order valence-electron chi connectivity index (χ1n) is 4.86. The molecule has 1 unspecified atom stereocenters. The van der Waals surface area contributed by atoms with E-state index in [-0.39, 0.29) is 6.42 Å². The van der Waals surface area contributed by atoms with E-state index in [1.165, 1.54) is 0 Å². The van der Waals surface area contributed by atoms with Gasteiger partial charge >= 0.3 is 17.9 Å². The maximum Gasteiger partial charge on any atom is 0.399 e. The second-order valence-corrected chi connectivity index (χ2v) is 3.49. The highest BCUT2D eigenvalue weighted by Gasteiger charge is 2.56. The Balaban J connectivity index is 3.09. The standard InChI is InChI=1S/C12H11F2NO2/c1-15-12(10(13)14,11(16)17-2)8-9-6-4-3-5-7-9/h3-7,10H,8H2,2H3. The number of esters is 1. The first-order chi connectivity index (χ1) is 8.06. The van der Waals surface area contributed by atoms with Crippen molar-refractivity contribution in [1.82, 2.24) is 0 Å². The summed E-state index contributed by atoms with van der Waals surface area (Å²) in [7, 11) is 0.996. The minimum atomic E-state index is -3.09. The Morgan fingerprint density at radius 2 is 2.06 bits per heavy atom. The summed E-state index contributed by atoms with van der Waals surface area (Å²) in [5, 5.41) is 0. The molecule has 0 heterocycles. The van der Waals surface area contributed by atoms with E-state index in [2.05, 4.69) is 9.58 Å². The van der Waals surface area contributed by atoms with Gasteiger partial charge in [-0.3, -0.25) is 4.85 Å². The van der Waals surface area contributed by atoms with Gasteiger partial charge in [0.15, 0.2) is 0 Å². The van der Waals surface area contributed by atoms with Gasteiger partial charge in [0.05, 0.1) is 13.5 Å². The number of hydrogen-bond acceptors (Lipinski definition) is 2. The number of hydrogen-bond donors (Lipinski definition) is 0. The number of rotatable bonds is 4. The molecule has 1 rings (SSSR count). The molecule has 0 N–H and O–H groups in total. The molecule has 0 bridgehead atoms. The molecule has 17 heavy (non-hydrogen) atoms. The molecule has 0 aromatic heterocycles. The molecule has 1 aromatic carbocycles. The summed E-state index contributed by atoms with van der Waals surface area (Å²) in [6, 6.07) is 8.22. The molecule has 0 aliphatic heterocycles. The van der Waals surface area contributed by atoms with Crippen molar-refractivity contribution in [2.24, 2.45) is 0 Å². The average Bonchev–Trinajstić information content (AvgIpc) is 2.36. The monoisotopic (exact) mass is 239 g/mol. The summed E-state index contributed by atoms with van der Waals surface area (Å²) in [6.45, 7) is 6.87. The van der Waals surface area contributed by atoms with Crippen molar-refractivity contribution >= 4 is 5.97 Å². The highest BCUT2D eigenvalue weighted by atomic mass is 19.3. The van der Waals surface area contributed by atoms with Gasteiger partial charge in [0.2, 0.25) is 0 Å². The van der Waals surface area contributed by atoms with Gasteiger partial charge in [-0.05, 0) is 5.56 Å². The Hall–Kier alpha value is -1.96. The number of carbonyl (C=O) groups excluding carboxylic acids is 1. The fraction of sp³-hybridized carbons (Fsp3) is 0.333. The third kappa shape index (κ3) is 2.59. The van der Waals surface area contributed by atoms with Gasteiger partial charge in [-0.1, -0.05) is 30.3 Å². The molecule has 0 aliphatic carbocycles. The predicted octanol–water partition coefficient (Wildman–Crippen LogP) is 2.33. The van der Waals surface area contributed by atoms with E-state index in [1.807, 2.05) is 0 Å². The molecular weight excluding hydrogens is 228 g/mol. The lowest BCUT2D eigenvalue weighted by atomic mass is 9.92. The zero-order chi connectivity index (χ0) is 12.9. The normalized spacial score (nSPS) is 13.8. The van der Waals surface area contributed by atoms with Gasteiger partial charge in [-0.25, -0.2) is 20.1 Å². The Labute approximate surface area is 97.8 Å². The number of halogens is 2. The molecule has 0 saturated heterocycles. The van der Waals surface area contributed by atoms with Crippen molar-refractivity contribution in [3.05, 3.63) is 47.3 Å². The van der Waals surface area contributed by atoms with Gasteiger partial charge in [0.1, 0.15) is 0 Å². The van der Waals surface area contributed by atoms with Gasteiger partial charge in [0.25, 0.3) is 0 Å². The van der Waals surface area contributed by atoms with E-state index < -0.39 is 17.9 Å². The Morgan fingerprint density at radius 3 is 2.47 bits per heavy atom. The van der Waals surface area contributed by atoms with Crippen molar-refractivity contribution in [3.8, 4) is 0 Å². The summed E-state index contributed by atoms with van der Waals surface area (Å²) in [5.41, 5.74) is -1.95. The number of alkyl halides is 2. The van der Waals surface area contributed by atoms with Crippen LogP contribution >= 0.6 is 0 Å². The molecule has 0 spiro atoms. The quantitative estimate of drug-likeness (QED) is 0.596. The van der Waals surface area contributed by atoms with Crippen molar-refractivity contribution in [2.45, 2.75) is 18.4 Å². The Kier molecular flexibility index (Phi) is 4.16. The highest BCUT2D eigenvalue weighted by Crippen LogP contribution is 2.27. The molecule has 0 aliphatic rings. The van der Waals surface area contributed by atoms with Gasteiger partial charge < -0.3 is 4.74 Å². The number of methoxy groups -OCH3 is 1. The van der Waals surface area contributed by atoms with Crippen LogP contribution in [0.2, 0.25) is 0 Å². The van der Waals surface area contributed by atoms with Crippen molar-refractivity contribution in [3.63, 3.8) is 0 Å². The van der Waals surface area contributed by atoms with Crippen LogP contribution < -0.4 is 0 Å². The molecule has 1 atom stereocenters. The van der Waals surface area contributed by atoms with Crippen LogP contribution in [0.5, 0.6) is 0 Å². The zero-order valence-electron chi connectivity index (χ0n) is 9.19. The second-order valence-electron chi connectivity index (χ2n) is 3.49. The van der Waals surface area contributed by atoms with E-state index >= 15 is 0 Å². The van der Waals surface area contributed by atoms with Crippen LogP contribution in [0.25, 0.3) is 4.85 Å². The molecule has 3 nitrogen and oxygen atoms in total. The zero-order valence-corrected chi connectivity index (χ0v) is 9.19. The lowest BCUT2D eigenvalue weighted by Gasteiger charge is -2.18. The molecule has 0 fully saturated rings. The Morgan fingerprint density at radius 1 is 1.47 bits per heavy atom. The van der Waals surface area contributed by atoms with Gasteiger partial charge in [-0.15, -0.1) is 0 Å². The first-order valence-corrected chi connectivity index (χ1v) is 4.86. The third-order valence-corrected chi connectivity index (χ3v) is 2.42. The molecular formula is C12H11F2NO2. The highest BCUT2D eigenvalue weighted by molar-refractivity contribution is 5.84. The van der Waals surface area contributed by atoms with Crippen LogP contribution in [-0.2, 0) is 16.0 Å². The third-order valence-electron chi connectivity index (χ3n) is 2.42. The fourth-order valence-electron chi connectivity index (χ4n) is 1.46. The summed E-state index contributed by atoms with van der Waals surface area (Å²) < 4.78 is 30.2. The van der Waals surface area contributed by atoms with Crippen molar-refractivity contribution < 1.29 is 18.3 Å². The molecule has 0 radical (unpaired) electrons. The number of benzene rings is 1. The molecule has 0 amide bonds. The van der Waals surface area contributed by atoms with Crippen LogP contribution in [0, 0.1) is 6.57 Å². The maximum absolute atomic E-state index is 13.0. The van der Waals surface area contributed by atoms with E-state index in [0.717, 1.165) is 7.11 Å². The van der Waals surface area contributed by atoms with Gasteiger partial charge in [0, 0.05) is 0 Å². The van der Waals surface area contributed by atoms with Crippen molar-refractivity contribution in [2.75, 3.05) is 7.11 Å². The fourth-order valence-corrected chi connectivity index (χ4v) is 1.46. The van der Waals surface area contributed by atoms with E-state index in [4.69, 9.17) is 6.57 Å². The predicted molar refractivity (Wildman–Crippen MR) is 57.5 cm³/mol. The van der Waals surface area contributed by atoms with Crippen LogP contribution in [0.3, 0.4) is 0 Å². The minimum Gasteiger partial charge on any atom is -0.463 e. The summed E-state index contributed by atoms with van der Waals surface area (Å²) >= 11 is 0. The second kappa shape index (κ2) is 5.39. The van der Waals surface area contributed by atoms with Crippen LogP contribution in [-0.4, -0.2) is 25.0 Å². The van der Waals surface area contributed by atoms with Gasteiger partial charge in [-0.2, -0.15) is 0 Å². The molecule has 0 saturated carbocycles. The number of nitrogens with zero attached hydrogens (tertiary/aromatic N) is 1. The number of ether oxygens (including phenoxy) is 1. The van der Waals surface area contributed by atoms with E-state index in [1.54, 1.807) is 30.3 Å². The minimum absolute atomic E-state index is 0.359. The largest absolute Gasteiger partial charge is 0.463 e. The van der Waals surface area contributed by atoms with Crippen molar-refractivity contribution in [1.29, 1.82) is 0 Å². The summed E-state index contributed by atoms with van der Waals surface area (Å²) in [5.74, 6) is -1.20. The topological polar surface area (TPSA) is 30.7 Å². The molecule has 1 aromatic rings. The SMILES string of the molecule is [C-]#[N+]C(Cc1ccccc1)(C(=O)OC)C(F)F. The summed E-state index contributed by atoms with van der Waals surface area (Å²) in [4.78, 5) is 14.2. The smallest absolute Gasteiger partial charge is 0.399 e. The van der Waals surface area contributed by atoms with E-state index in [9.17, 15) is 13.6 Å². The average molecular weight is 239 g/mol. The summed E-state index contributed by atoms with van der Waals surface area (Å²) in [6.07, 6.45) is -3.45. The molecule has 90 valence electrons. The Bertz CT molecular complexity index is 428. The number of carbonyl (C=O) groups is 1. The maximum atomic E-state index is 13.0. The van der Waals surface area contributed by atoms with Crippen LogP contribution in [0.4, 0.5) is 8.78 Å².